The van der Waals surface area contributed by atoms with Crippen LogP contribution in [0.5, 0.6) is 11.5 Å². The summed E-state index contributed by atoms with van der Waals surface area (Å²) in [5, 5.41) is 3.55. The van der Waals surface area contributed by atoms with E-state index < -0.39 is 0 Å². The maximum atomic E-state index is 6.02. The van der Waals surface area contributed by atoms with E-state index >= 15 is 0 Å². The Morgan fingerprint density at radius 2 is 1.85 bits per heavy atom. The number of rotatable bonds is 4. The summed E-state index contributed by atoms with van der Waals surface area (Å²) in [6.07, 6.45) is 4.87. The number of ether oxygens (including phenoxy) is 1. The van der Waals surface area contributed by atoms with Gasteiger partial charge in [0.05, 0.1) is 11.4 Å². The number of hydrogen-bond donors (Lipinski definition) is 1. The minimum Gasteiger partial charge on any atom is -0.453 e. The summed E-state index contributed by atoms with van der Waals surface area (Å²) in [6, 6.07) is 12.3. The third-order valence-corrected chi connectivity index (χ3v) is 3.91. The molecule has 0 unspecified atom stereocenters. The van der Waals surface area contributed by atoms with E-state index in [1.807, 2.05) is 18.2 Å². The average molecular weight is 267 g/mol. The Kier molecular flexibility index (Phi) is 3.64. The molecule has 0 aromatic heterocycles. The van der Waals surface area contributed by atoms with Crippen molar-refractivity contribution in [2.24, 2.45) is 0 Å². The lowest BCUT2D eigenvalue weighted by molar-refractivity contribution is 0.480. The number of benzene rings is 2. The minimum atomic E-state index is 0.906. The van der Waals surface area contributed by atoms with Crippen LogP contribution in [0.1, 0.15) is 37.3 Å². The predicted octanol–water partition coefficient (Wildman–Crippen LogP) is 5.58. The van der Waals surface area contributed by atoms with Gasteiger partial charge in [-0.2, -0.15) is 0 Å². The molecule has 0 bridgehead atoms. The molecule has 0 aliphatic carbocycles. The molecular formula is C18H21NO. The highest BCUT2D eigenvalue weighted by molar-refractivity contribution is 5.78. The van der Waals surface area contributed by atoms with E-state index in [1.54, 1.807) is 0 Å². The first kappa shape index (κ1) is 13.0. The predicted molar refractivity (Wildman–Crippen MR) is 84.2 cm³/mol. The Morgan fingerprint density at radius 1 is 1.00 bits per heavy atom. The number of para-hydroxylation sites is 2. The van der Waals surface area contributed by atoms with Gasteiger partial charge >= 0.3 is 0 Å². The van der Waals surface area contributed by atoms with Crippen LogP contribution in [0.25, 0.3) is 0 Å². The van der Waals surface area contributed by atoms with Crippen LogP contribution in [0.2, 0.25) is 0 Å². The van der Waals surface area contributed by atoms with Crippen molar-refractivity contribution in [3.63, 3.8) is 0 Å². The van der Waals surface area contributed by atoms with Gasteiger partial charge in [0.1, 0.15) is 0 Å². The number of aryl methyl sites for hydroxylation is 1. The van der Waals surface area contributed by atoms with Crippen LogP contribution < -0.4 is 10.1 Å². The lowest BCUT2D eigenvalue weighted by Crippen LogP contribution is -2.07. The maximum absolute atomic E-state index is 6.02. The van der Waals surface area contributed by atoms with Gasteiger partial charge in [-0.15, -0.1) is 0 Å². The zero-order valence-corrected chi connectivity index (χ0v) is 12.2. The van der Waals surface area contributed by atoms with Gasteiger partial charge in [0.15, 0.2) is 11.5 Å². The van der Waals surface area contributed by atoms with Gasteiger partial charge < -0.3 is 10.1 Å². The van der Waals surface area contributed by atoms with Gasteiger partial charge in [0.25, 0.3) is 0 Å². The second-order valence-electron chi connectivity index (χ2n) is 5.41. The summed E-state index contributed by atoms with van der Waals surface area (Å²) < 4.78 is 6.02. The number of unbranched alkanes of at least 4 members (excludes halogenated alkanes) is 2. The minimum absolute atomic E-state index is 0.906. The Morgan fingerprint density at radius 3 is 2.70 bits per heavy atom. The zero-order valence-electron chi connectivity index (χ0n) is 12.2. The van der Waals surface area contributed by atoms with Crippen molar-refractivity contribution in [2.75, 3.05) is 5.32 Å². The molecule has 3 rings (SSSR count). The molecule has 2 aromatic rings. The summed E-state index contributed by atoms with van der Waals surface area (Å²) in [5.74, 6) is 1.85. The van der Waals surface area contributed by atoms with Gasteiger partial charge in [0.2, 0.25) is 0 Å². The van der Waals surface area contributed by atoms with E-state index in [-0.39, 0.29) is 0 Å². The number of hydrogen-bond acceptors (Lipinski definition) is 2. The van der Waals surface area contributed by atoms with Crippen molar-refractivity contribution in [3.05, 3.63) is 47.5 Å². The van der Waals surface area contributed by atoms with Crippen molar-refractivity contribution < 1.29 is 4.74 Å². The number of anilines is 2. The van der Waals surface area contributed by atoms with Gasteiger partial charge in [-0.3, -0.25) is 0 Å². The second kappa shape index (κ2) is 5.58. The normalized spacial score (nSPS) is 12.1. The van der Waals surface area contributed by atoms with E-state index in [2.05, 4.69) is 37.4 Å². The summed E-state index contributed by atoms with van der Waals surface area (Å²) in [7, 11) is 0. The fourth-order valence-electron chi connectivity index (χ4n) is 2.74. The molecule has 0 spiro atoms. The fraction of sp³-hybridized carbons (Fsp3) is 0.333. The molecule has 0 radical (unpaired) electrons. The van der Waals surface area contributed by atoms with Crippen molar-refractivity contribution in [2.45, 2.75) is 39.5 Å². The van der Waals surface area contributed by atoms with Crippen LogP contribution in [0, 0.1) is 6.92 Å². The lowest BCUT2D eigenvalue weighted by atomic mass is 9.98. The molecular weight excluding hydrogens is 246 g/mol. The van der Waals surface area contributed by atoms with Crippen LogP contribution in [0.3, 0.4) is 0 Å². The van der Waals surface area contributed by atoms with E-state index in [0.717, 1.165) is 29.3 Å². The average Bonchev–Trinajstić information content (AvgIpc) is 2.48. The smallest absolute Gasteiger partial charge is 0.151 e. The SMILES string of the molecule is CCCCCc1c(C)ccc2c1Nc1ccccc1O2. The second-order valence-corrected chi connectivity index (χ2v) is 5.41. The van der Waals surface area contributed by atoms with Crippen LogP contribution in [0.4, 0.5) is 11.4 Å². The summed E-state index contributed by atoms with van der Waals surface area (Å²) >= 11 is 0. The van der Waals surface area contributed by atoms with Crippen molar-refractivity contribution >= 4 is 11.4 Å². The molecule has 2 heteroatoms. The molecule has 1 aliphatic rings. The van der Waals surface area contributed by atoms with Gasteiger partial charge in [-0.1, -0.05) is 38.0 Å². The van der Waals surface area contributed by atoms with E-state index in [4.69, 9.17) is 4.74 Å². The molecule has 0 saturated heterocycles. The Bertz CT molecular complexity index is 619. The van der Waals surface area contributed by atoms with Crippen LogP contribution >= 0.6 is 0 Å². The maximum Gasteiger partial charge on any atom is 0.151 e. The highest BCUT2D eigenvalue weighted by Gasteiger charge is 2.19. The van der Waals surface area contributed by atoms with Crippen molar-refractivity contribution in [1.29, 1.82) is 0 Å². The van der Waals surface area contributed by atoms with Gasteiger partial charge in [-0.25, -0.2) is 0 Å². The molecule has 0 saturated carbocycles. The largest absolute Gasteiger partial charge is 0.453 e. The lowest BCUT2D eigenvalue weighted by Gasteiger charge is -2.25. The topological polar surface area (TPSA) is 21.3 Å². The molecule has 1 aliphatic heterocycles. The van der Waals surface area contributed by atoms with Gasteiger partial charge in [-0.05, 0) is 49.1 Å². The first-order chi connectivity index (χ1) is 9.79. The fourth-order valence-corrected chi connectivity index (χ4v) is 2.74. The molecule has 20 heavy (non-hydrogen) atoms. The van der Waals surface area contributed by atoms with E-state index in [0.29, 0.717) is 0 Å². The van der Waals surface area contributed by atoms with Crippen molar-refractivity contribution in [1.82, 2.24) is 0 Å². The first-order valence-electron chi connectivity index (χ1n) is 7.46. The van der Waals surface area contributed by atoms with E-state index in [1.165, 1.54) is 30.4 Å². The Labute approximate surface area is 120 Å². The molecule has 104 valence electrons. The Balaban J connectivity index is 1.94. The van der Waals surface area contributed by atoms with Gasteiger partial charge in [0, 0.05) is 0 Å². The van der Waals surface area contributed by atoms with E-state index in [9.17, 15) is 0 Å². The monoisotopic (exact) mass is 267 g/mol. The highest BCUT2D eigenvalue weighted by atomic mass is 16.5. The third kappa shape index (κ3) is 2.38. The highest BCUT2D eigenvalue weighted by Crippen LogP contribution is 2.44. The molecule has 0 atom stereocenters. The van der Waals surface area contributed by atoms with Crippen molar-refractivity contribution in [3.8, 4) is 11.5 Å². The quantitative estimate of drug-likeness (QED) is 0.623. The molecule has 0 amide bonds. The Hall–Kier alpha value is -1.96. The zero-order chi connectivity index (χ0) is 13.9. The third-order valence-electron chi connectivity index (χ3n) is 3.91. The van der Waals surface area contributed by atoms with Crippen LogP contribution in [-0.4, -0.2) is 0 Å². The number of nitrogens with one attached hydrogen (secondary N) is 1. The molecule has 1 heterocycles. The molecule has 0 fully saturated rings. The summed E-state index contributed by atoms with van der Waals surface area (Å²) in [5.41, 5.74) is 4.95. The number of fused-ring (bicyclic) bond motifs is 2. The van der Waals surface area contributed by atoms with Crippen LogP contribution in [0.15, 0.2) is 36.4 Å². The molecule has 2 aromatic carbocycles. The van der Waals surface area contributed by atoms with Crippen LogP contribution in [-0.2, 0) is 6.42 Å². The summed E-state index contributed by atoms with van der Waals surface area (Å²) in [4.78, 5) is 0. The first-order valence-corrected chi connectivity index (χ1v) is 7.46. The molecule has 1 N–H and O–H groups in total. The molecule has 2 nitrogen and oxygen atoms in total. The summed E-state index contributed by atoms with van der Waals surface area (Å²) in [6.45, 7) is 4.43. The standard InChI is InChI=1S/C18H21NO/c1-3-4-5-8-14-13(2)11-12-17-18(14)19-15-9-6-7-10-16(15)20-17/h6-7,9-12,19H,3-5,8H2,1-2H3.